The summed E-state index contributed by atoms with van der Waals surface area (Å²) in [4.78, 5) is 11.6. The van der Waals surface area contributed by atoms with Gasteiger partial charge in [-0.1, -0.05) is 0 Å². The lowest BCUT2D eigenvalue weighted by Gasteiger charge is -2.16. The minimum absolute atomic E-state index is 0.0760. The molecule has 0 aromatic carbocycles. The molecule has 0 saturated carbocycles. The molecule has 2 atom stereocenters. The summed E-state index contributed by atoms with van der Waals surface area (Å²) in [5, 5.41) is -1.68. The second-order valence-electron chi connectivity index (χ2n) is 4.55. The van der Waals surface area contributed by atoms with Gasteiger partial charge in [0.1, 0.15) is 6.61 Å². The molecule has 1 aliphatic rings. The van der Waals surface area contributed by atoms with E-state index in [1.54, 1.807) is 13.8 Å². The van der Waals surface area contributed by atoms with E-state index in [1.807, 2.05) is 0 Å². The standard InChI is InChI=1S/C11H20O5S/c1-8(2)17(13,14)9(3)11(12)16-7-10-5-4-6-15-10/h8-10H,4-7H2,1-3H3/t9-,10-/m0/s1. The van der Waals surface area contributed by atoms with E-state index in [0.29, 0.717) is 6.61 Å². The molecule has 100 valence electrons. The zero-order valence-electron chi connectivity index (χ0n) is 10.5. The molecule has 17 heavy (non-hydrogen) atoms. The van der Waals surface area contributed by atoms with Crippen LogP contribution in [0.4, 0.5) is 0 Å². The van der Waals surface area contributed by atoms with Gasteiger partial charge in [0.05, 0.1) is 11.4 Å². The van der Waals surface area contributed by atoms with Crippen LogP contribution in [0.15, 0.2) is 0 Å². The molecule has 0 unspecified atom stereocenters. The zero-order valence-corrected chi connectivity index (χ0v) is 11.3. The van der Waals surface area contributed by atoms with Gasteiger partial charge < -0.3 is 9.47 Å². The molecule has 0 aliphatic carbocycles. The van der Waals surface area contributed by atoms with Crippen molar-refractivity contribution in [2.45, 2.75) is 50.2 Å². The quantitative estimate of drug-likeness (QED) is 0.691. The van der Waals surface area contributed by atoms with Crippen molar-refractivity contribution in [1.29, 1.82) is 0 Å². The van der Waals surface area contributed by atoms with Gasteiger partial charge >= 0.3 is 5.97 Å². The number of esters is 1. The molecule has 0 spiro atoms. The average Bonchev–Trinajstić information content (AvgIpc) is 2.77. The van der Waals surface area contributed by atoms with Gasteiger partial charge in [0, 0.05) is 6.61 Å². The first kappa shape index (κ1) is 14.4. The third kappa shape index (κ3) is 3.67. The number of rotatable bonds is 5. The maximum atomic E-state index is 11.7. The van der Waals surface area contributed by atoms with Gasteiger partial charge in [-0.3, -0.25) is 4.79 Å². The van der Waals surface area contributed by atoms with Crippen molar-refractivity contribution in [3.63, 3.8) is 0 Å². The molecule has 1 aliphatic heterocycles. The highest BCUT2D eigenvalue weighted by molar-refractivity contribution is 7.93. The number of hydrogen-bond donors (Lipinski definition) is 0. The van der Waals surface area contributed by atoms with Crippen molar-refractivity contribution in [3.8, 4) is 0 Å². The summed E-state index contributed by atoms with van der Waals surface area (Å²) >= 11 is 0. The van der Waals surface area contributed by atoms with E-state index in [4.69, 9.17) is 9.47 Å². The molecule has 0 bridgehead atoms. The summed E-state index contributed by atoms with van der Waals surface area (Å²) in [6.45, 7) is 5.31. The lowest BCUT2D eigenvalue weighted by Crippen LogP contribution is -2.35. The maximum absolute atomic E-state index is 11.7. The Labute approximate surface area is 102 Å². The number of carbonyl (C=O) groups is 1. The van der Waals surface area contributed by atoms with Crippen molar-refractivity contribution in [2.24, 2.45) is 0 Å². The monoisotopic (exact) mass is 264 g/mol. The van der Waals surface area contributed by atoms with E-state index in [9.17, 15) is 13.2 Å². The Morgan fingerprint density at radius 2 is 2.06 bits per heavy atom. The predicted molar refractivity (Wildman–Crippen MR) is 63.5 cm³/mol. The molecule has 0 N–H and O–H groups in total. The van der Waals surface area contributed by atoms with Crippen molar-refractivity contribution in [1.82, 2.24) is 0 Å². The fourth-order valence-electron chi connectivity index (χ4n) is 1.61. The summed E-state index contributed by atoms with van der Waals surface area (Å²) in [6, 6.07) is 0. The number of sulfone groups is 1. The van der Waals surface area contributed by atoms with Crippen LogP contribution in [0.1, 0.15) is 33.6 Å². The van der Waals surface area contributed by atoms with E-state index in [2.05, 4.69) is 0 Å². The fourth-order valence-corrected chi connectivity index (χ4v) is 2.76. The van der Waals surface area contributed by atoms with Crippen molar-refractivity contribution in [3.05, 3.63) is 0 Å². The Morgan fingerprint density at radius 1 is 1.41 bits per heavy atom. The summed E-state index contributed by atoms with van der Waals surface area (Å²) in [5.41, 5.74) is 0. The molecule has 1 heterocycles. The van der Waals surface area contributed by atoms with Crippen molar-refractivity contribution in [2.75, 3.05) is 13.2 Å². The molecule has 0 aromatic heterocycles. The summed E-state index contributed by atoms with van der Waals surface area (Å²) in [6.07, 6.45) is 1.74. The van der Waals surface area contributed by atoms with E-state index in [0.717, 1.165) is 12.8 Å². The Morgan fingerprint density at radius 3 is 2.53 bits per heavy atom. The smallest absolute Gasteiger partial charge is 0.324 e. The fraction of sp³-hybridized carbons (Fsp3) is 0.909. The minimum atomic E-state index is -3.44. The first-order valence-corrected chi connectivity index (χ1v) is 7.47. The second-order valence-corrected chi connectivity index (χ2v) is 7.37. The molecular weight excluding hydrogens is 244 g/mol. The molecule has 5 nitrogen and oxygen atoms in total. The van der Waals surface area contributed by atoms with Crippen LogP contribution in [-0.2, 0) is 24.1 Å². The van der Waals surface area contributed by atoms with Crippen LogP contribution in [-0.4, -0.2) is 44.2 Å². The first-order chi connectivity index (χ1) is 7.85. The van der Waals surface area contributed by atoms with Crippen molar-refractivity contribution >= 4 is 15.8 Å². The SMILES string of the molecule is CC(C)S(=O)(=O)[C@@H](C)C(=O)OC[C@@H]1CCCO1. The first-order valence-electron chi connectivity index (χ1n) is 5.86. The Bertz CT molecular complexity index is 354. The molecule has 0 amide bonds. The van der Waals surface area contributed by atoms with Crippen LogP contribution in [0, 0.1) is 0 Å². The highest BCUT2D eigenvalue weighted by atomic mass is 32.2. The van der Waals surface area contributed by atoms with Crippen LogP contribution >= 0.6 is 0 Å². The van der Waals surface area contributed by atoms with Gasteiger partial charge in [-0.2, -0.15) is 0 Å². The zero-order chi connectivity index (χ0) is 13.1. The van der Waals surface area contributed by atoms with Crippen LogP contribution in [0.2, 0.25) is 0 Å². The van der Waals surface area contributed by atoms with Crippen molar-refractivity contribution < 1.29 is 22.7 Å². The normalized spacial score (nSPS) is 22.7. The third-order valence-electron chi connectivity index (χ3n) is 2.92. The largest absolute Gasteiger partial charge is 0.462 e. The van der Waals surface area contributed by atoms with Gasteiger partial charge in [0.2, 0.25) is 0 Å². The summed E-state index contributed by atoms with van der Waals surface area (Å²) < 4.78 is 33.7. The Balaban J connectivity index is 2.46. The molecule has 1 saturated heterocycles. The van der Waals surface area contributed by atoms with Crippen LogP contribution in [0.3, 0.4) is 0 Å². The van der Waals surface area contributed by atoms with Gasteiger partial charge in [-0.15, -0.1) is 0 Å². The molecule has 0 aromatic rings. The molecule has 0 radical (unpaired) electrons. The number of carbonyl (C=O) groups excluding carboxylic acids is 1. The van der Waals surface area contributed by atoms with E-state index in [-0.39, 0.29) is 12.7 Å². The number of ether oxygens (including phenoxy) is 2. The Kier molecular flexibility index (Phi) is 4.94. The third-order valence-corrected chi connectivity index (χ3v) is 5.41. The Hall–Kier alpha value is -0.620. The molecular formula is C11H20O5S. The van der Waals surface area contributed by atoms with E-state index >= 15 is 0 Å². The predicted octanol–water partition coefficient (Wildman–Crippen LogP) is 0.920. The van der Waals surface area contributed by atoms with Gasteiger partial charge in [-0.25, -0.2) is 8.42 Å². The van der Waals surface area contributed by atoms with E-state index < -0.39 is 26.3 Å². The van der Waals surface area contributed by atoms with Gasteiger partial charge in [0.25, 0.3) is 0 Å². The lowest BCUT2D eigenvalue weighted by molar-refractivity contribution is -0.146. The van der Waals surface area contributed by atoms with Crippen LogP contribution in [0.25, 0.3) is 0 Å². The highest BCUT2D eigenvalue weighted by Crippen LogP contribution is 2.14. The average molecular weight is 264 g/mol. The molecule has 1 rings (SSSR count). The number of hydrogen-bond acceptors (Lipinski definition) is 5. The second kappa shape index (κ2) is 5.82. The topological polar surface area (TPSA) is 69.7 Å². The molecule has 1 fully saturated rings. The van der Waals surface area contributed by atoms with Crippen LogP contribution in [0.5, 0.6) is 0 Å². The minimum Gasteiger partial charge on any atom is -0.462 e. The summed E-state index contributed by atoms with van der Waals surface area (Å²) in [7, 11) is -3.44. The maximum Gasteiger partial charge on any atom is 0.324 e. The van der Waals surface area contributed by atoms with Gasteiger partial charge in [-0.05, 0) is 33.6 Å². The van der Waals surface area contributed by atoms with Gasteiger partial charge in [0.15, 0.2) is 15.1 Å². The summed E-state index contributed by atoms with van der Waals surface area (Å²) in [5.74, 6) is -0.686. The lowest BCUT2D eigenvalue weighted by atomic mass is 10.2. The van der Waals surface area contributed by atoms with Crippen LogP contribution < -0.4 is 0 Å². The molecule has 6 heteroatoms. The highest BCUT2D eigenvalue weighted by Gasteiger charge is 2.32. The van der Waals surface area contributed by atoms with E-state index in [1.165, 1.54) is 6.92 Å².